The van der Waals surface area contributed by atoms with Crippen molar-refractivity contribution in [1.82, 2.24) is 25.1 Å². The molecular weight excluding hydrogens is 393 g/mol. The van der Waals surface area contributed by atoms with Crippen molar-refractivity contribution >= 4 is 5.97 Å². The highest BCUT2D eigenvalue weighted by Crippen LogP contribution is 2.15. The Morgan fingerprint density at radius 1 is 1.17 bits per heavy atom. The number of nitrogens with zero attached hydrogens (tertiary/aromatic N) is 4. The first kappa shape index (κ1) is 21.5. The Kier molecular flexibility index (Phi) is 6.83. The van der Waals surface area contributed by atoms with Gasteiger partial charge in [-0.05, 0) is 36.8 Å². The van der Waals surface area contributed by atoms with Gasteiger partial charge in [-0.25, -0.2) is 9.18 Å². The number of pyridine rings is 1. The summed E-state index contributed by atoms with van der Waals surface area (Å²) in [6.07, 6.45) is -0.840. The van der Waals surface area contributed by atoms with Gasteiger partial charge in [-0.1, -0.05) is 12.1 Å². The quantitative estimate of drug-likeness (QED) is 0.412. The molecule has 1 unspecified atom stereocenters. The number of aromatic nitrogens is 4. The number of hydrogen-bond donors (Lipinski definition) is 4. The van der Waals surface area contributed by atoms with E-state index in [0.29, 0.717) is 23.9 Å². The fourth-order valence-corrected chi connectivity index (χ4v) is 2.98. The van der Waals surface area contributed by atoms with Crippen LogP contribution in [-0.2, 0) is 26.2 Å². The number of benzene rings is 1. The van der Waals surface area contributed by atoms with Gasteiger partial charge in [0.05, 0.1) is 36.6 Å². The predicted molar refractivity (Wildman–Crippen MR) is 104 cm³/mol. The Morgan fingerprint density at radius 2 is 1.87 bits per heavy atom. The van der Waals surface area contributed by atoms with Crippen LogP contribution in [0.4, 0.5) is 4.39 Å². The van der Waals surface area contributed by atoms with Gasteiger partial charge >= 0.3 is 5.97 Å². The van der Waals surface area contributed by atoms with Gasteiger partial charge in [0.15, 0.2) is 5.82 Å². The van der Waals surface area contributed by atoms with Crippen LogP contribution in [0.2, 0.25) is 0 Å². The zero-order valence-electron chi connectivity index (χ0n) is 16.3. The largest absolute Gasteiger partial charge is 0.478 e. The summed E-state index contributed by atoms with van der Waals surface area (Å²) in [4.78, 5) is 15.4. The molecule has 0 saturated carbocycles. The van der Waals surface area contributed by atoms with Crippen molar-refractivity contribution in [2.45, 2.75) is 39.3 Å². The molecule has 10 heteroatoms. The van der Waals surface area contributed by atoms with Crippen molar-refractivity contribution in [2.24, 2.45) is 0 Å². The third-order valence-corrected chi connectivity index (χ3v) is 4.41. The number of carbonyl (C=O) groups is 1. The smallest absolute Gasteiger partial charge is 0.335 e. The summed E-state index contributed by atoms with van der Waals surface area (Å²) in [6, 6.07) is 8.77. The third kappa shape index (κ3) is 5.23. The van der Waals surface area contributed by atoms with Crippen LogP contribution in [0.25, 0.3) is 0 Å². The molecule has 0 bridgehead atoms. The SMILES string of the molecule is CC(O)c1nnc(CNCc2cc(C(=O)O)cc(CO)n2)n1Cc1ccc(F)cc1. The van der Waals surface area contributed by atoms with Crippen molar-refractivity contribution < 1.29 is 24.5 Å². The van der Waals surface area contributed by atoms with Crippen molar-refractivity contribution in [3.63, 3.8) is 0 Å². The van der Waals surface area contributed by atoms with Crippen LogP contribution < -0.4 is 5.32 Å². The minimum Gasteiger partial charge on any atom is -0.478 e. The number of rotatable bonds is 9. The average Bonchev–Trinajstić information content (AvgIpc) is 3.12. The third-order valence-electron chi connectivity index (χ3n) is 4.41. The predicted octanol–water partition coefficient (Wildman–Crippen LogP) is 1.39. The highest BCUT2D eigenvalue weighted by Gasteiger charge is 2.16. The molecule has 0 aliphatic carbocycles. The molecule has 4 N–H and O–H groups in total. The Balaban J connectivity index is 1.75. The van der Waals surface area contributed by atoms with E-state index in [1.807, 2.05) is 0 Å². The normalized spacial score (nSPS) is 12.1. The summed E-state index contributed by atoms with van der Waals surface area (Å²) in [6.45, 7) is 2.08. The molecule has 0 spiro atoms. The number of carboxylic acid groups (broad SMARTS) is 1. The lowest BCUT2D eigenvalue weighted by molar-refractivity contribution is 0.0696. The number of nitrogens with one attached hydrogen (secondary N) is 1. The van der Waals surface area contributed by atoms with Crippen LogP contribution >= 0.6 is 0 Å². The molecule has 9 nitrogen and oxygen atoms in total. The minimum absolute atomic E-state index is 0.0433. The van der Waals surface area contributed by atoms with Gasteiger partial charge in [0.25, 0.3) is 0 Å². The number of hydrogen-bond acceptors (Lipinski definition) is 7. The van der Waals surface area contributed by atoms with Crippen molar-refractivity contribution in [2.75, 3.05) is 0 Å². The van der Waals surface area contributed by atoms with Gasteiger partial charge in [-0.2, -0.15) is 0 Å². The molecule has 158 valence electrons. The number of carboxylic acids is 1. The van der Waals surface area contributed by atoms with E-state index in [4.69, 9.17) is 0 Å². The van der Waals surface area contributed by atoms with E-state index in [1.165, 1.54) is 24.3 Å². The van der Waals surface area contributed by atoms with Gasteiger partial charge in [-0.3, -0.25) is 4.98 Å². The van der Waals surface area contributed by atoms with Crippen LogP contribution in [0.5, 0.6) is 0 Å². The molecule has 3 rings (SSSR count). The second-order valence-corrected chi connectivity index (χ2v) is 6.77. The van der Waals surface area contributed by atoms with E-state index in [1.54, 1.807) is 23.6 Å². The molecule has 2 aromatic heterocycles. The van der Waals surface area contributed by atoms with E-state index in [9.17, 15) is 24.5 Å². The van der Waals surface area contributed by atoms with Crippen LogP contribution in [0.3, 0.4) is 0 Å². The molecule has 3 aromatic rings. The maximum atomic E-state index is 13.2. The van der Waals surface area contributed by atoms with E-state index < -0.39 is 12.1 Å². The van der Waals surface area contributed by atoms with Gasteiger partial charge in [-0.15, -0.1) is 10.2 Å². The molecule has 1 atom stereocenters. The molecule has 0 saturated heterocycles. The number of aromatic carboxylic acids is 1. The molecule has 0 aliphatic heterocycles. The lowest BCUT2D eigenvalue weighted by atomic mass is 10.2. The monoisotopic (exact) mass is 415 g/mol. The molecule has 2 heterocycles. The van der Waals surface area contributed by atoms with E-state index in [2.05, 4.69) is 20.5 Å². The second kappa shape index (κ2) is 9.53. The zero-order valence-corrected chi connectivity index (χ0v) is 16.3. The number of halogens is 1. The molecular formula is C20H22FN5O4. The van der Waals surface area contributed by atoms with Gasteiger partial charge in [0.1, 0.15) is 17.7 Å². The van der Waals surface area contributed by atoms with Crippen LogP contribution in [-0.4, -0.2) is 41.0 Å². The standard InChI is InChI=1S/C20H22FN5O4/c1-12(28)19-25-24-18(26(19)10-13-2-4-15(21)5-3-13)9-22-8-16-6-14(20(29)30)7-17(11-27)23-16/h2-7,12,22,27-28H,8-11H2,1H3,(H,29,30). The summed E-state index contributed by atoms with van der Waals surface area (Å²) in [5, 5.41) is 39.7. The number of aliphatic hydroxyl groups excluding tert-OH is 2. The van der Waals surface area contributed by atoms with Gasteiger partial charge in [0, 0.05) is 6.54 Å². The summed E-state index contributed by atoms with van der Waals surface area (Å²) in [7, 11) is 0. The number of aliphatic hydroxyl groups is 2. The second-order valence-electron chi connectivity index (χ2n) is 6.77. The summed E-state index contributed by atoms with van der Waals surface area (Å²) in [5.74, 6) is -0.510. The Hall–Kier alpha value is -3.21. The van der Waals surface area contributed by atoms with Gasteiger partial charge in [0.2, 0.25) is 0 Å². The lowest BCUT2D eigenvalue weighted by Crippen LogP contribution is -2.19. The Morgan fingerprint density at radius 3 is 2.50 bits per heavy atom. The maximum absolute atomic E-state index is 13.2. The van der Waals surface area contributed by atoms with E-state index in [0.717, 1.165) is 5.56 Å². The summed E-state index contributed by atoms with van der Waals surface area (Å²) < 4.78 is 14.9. The van der Waals surface area contributed by atoms with Crippen LogP contribution in [0.15, 0.2) is 36.4 Å². The fraction of sp³-hybridized carbons (Fsp3) is 0.300. The molecule has 0 radical (unpaired) electrons. The highest BCUT2D eigenvalue weighted by atomic mass is 19.1. The zero-order chi connectivity index (χ0) is 21.7. The van der Waals surface area contributed by atoms with Crippen molar-refractivity contribution in [3.8, 4) is 0 Å². The van der Waals surface area contributed by atoms with Crippen molar-refractivity contribution in [1.29, 1.82) is 0 Å². The molecule has 30 heavy (non-hydrogen) atoms. The summed E-state index contributed by atoms with van der Waals surface area (Å²) in [5.41, 5.74) is 1.59. The first-order valence-corrected chi connectivity index (χ1v) is 9.26. The molecule has 0 aliphatic rings. The molecule has 0 amide bonds. The van der Waals surface area contributed by atoms with E-state index in [-0.39, 0.29) is 36.8 Å². The lowest BCUT2D eigenvalue weighted by Gasteiger charge is -2.13. The minimum atomic E-state index is -1.10. The molecule has 0 fully saturated rings. The van der Waals surface area contributed by atoms with Crippen LogP contribution in [0, 0.1) is 5.82 Å². The van der Waals surface area contributed by atoms with Gasteiger partial charge < -0.3 is 25.2 Å². The fourth-order valence-electron chi connectivity index (χ4n) is 2.98. The maximum Gasteiger partial charge on any atom is 0.335 e. The topological polar surface area (TPSA) is 133 Å². The van der Waals surface area contributed by atoms with Crippen molar-refractivity contribution in [3.05, 3.63) is 76.4 Å². The first-order valence-electron chi connectivity index (χ1n) is 9.26. The summed E-state index contributed by atoms with van der Waals surface area (Å²) >= 11 is 0. The van der Waals surface area contributed by atoms with Crippen LogP contribution in [0.1, 0.15) is 52.0 Å². The highest BCUT2D eigenvalue weighted by molar-refractivity contribution is 5.87. The Labute approximate surface area is 171 Å². The average molecular weight is 415 g/mol. The molecule has 1 aromatic carbocycles. The van der Waals surface area contributed by atoms with E-state index >= 15 is 0 Å². The Bertz CT molecular complexity index is 1020. The first-order chi connectivity index (χ1) is 14.4.